The van der Waals surface area contributed by atoms with Gasteiger partial charge in [-0.1, -0.05) is 13.8 Å². The number of nitrogens with one attached hydrogen (secondary N) is 1. The highest BCUT2D eigenvalue weighted by Crippen LogP contribution is 2.20. The summed E-state index contributed by atoms with van der Waals surface area (Å²) in [5, 5.41) is 3.07. The van der Waals surface area contributed by atoms with Crippen LogP contribution in [0.15, 0.2) is 24.3 Å². The molecule has 3 nitrogen and oxygen atoms in total. The molecule has 0 bridgehead atoms. The lowest BCUT2D eigenvalue weighted by Crippen LogP contribution is -2.45. The molecule has 1 aliphatic heterocycles. The Balaban J connectivity index is 1.85. The largest absolute Gasteiger partial charge is 0.371 e. The number of amides is 1. The van der Waals surface area contributed by atoms with E-state index in [1.54, 1.807) is 0 Å². The summed E-state index contributed by atoms with van der Waals surface area (Å²) in [7, 11) is 0. The molecular weight excluding hydrogens is 243 g/mol. The van der Waals surface area contributed by atoms with Gasteiger partial charge in [0.15, 0.2) is 0 Å². The minimum Gasteiger partial charge on any atom is -0.371 e. The molecule has 1 fully saturated rings. The number of hydrogen-bond donors (Lipinski definition) is 1. The average Bonchev–Trinajstić information content (AvgIpc) is 2.40. The van der Waals surface area contributed by atoms with E-state index in [1.807, 2.05) is 26.0 Å². The number of anilines is 1. The van der Waals surface area contributed by atoms with Crippen LogP contribution >= 0.6 is 0 Å². The van der Waals surface area contributed by atoms with Crippen molar-refractivity contribution in [3.63, 3.8) is 0 Å². The molecule has 0 aliphatic carbocycles. The topological polar surface area (TPSA) is 32.3 Å². The predicted molar refractivity (Wildman–Crippen MR) is 74.6 cm³/mol. The predicted octanol–water partition coefficient (Wildman–Crippen LogP) is 2.57. The van der Waals surface area contributed by atoms with E-state index in [-0.39, 0.29) is 23.7 Å². The van der Waals surface area contributed by atoms with E-state index in [0.717, 1.165) is 31.6 Å². The van der Waals surface area contributed by atoms with Crippen molar-refractivity contribution < 1.29 is 9.18 Å². The van der Waals surface area contributed by atoms with Gasteiger partial charge in [0.25, 0.3) is 0 Å². The van der Waals surface area contributed by atoms with Crippen molar-refractivity contribution in [2.75, 3.05) is 18.0 Å². The standard InChI is InChI=1S/C15H21FN2O/c1-11(2)15(19)17-13-7-9-18(10-8-13)14-5-3-12(16)4-6-14/h3-6,11,13H,7-10H2,1-2H3,(H,17,19). The summed E-state index contributed by atoms with van der Waals surface area (Å²) in [5.41, 5.74) is 1.05. The SMILES string of the molecule is CC(C)C(=O)NC1CCN(c2ccc(F)cc2)CC1. The van der Waals surface area contributed by atoms with E-state index in [0.29, 0.717) is 0 Å². The first-order valence-electron chi connectivity index (χ1n) is 6.87. The lowest BCUT2D eigenvalue weighted by atomic mass is 10.0. The van der Waals surface area contributed by atoms with Crippen molar-refractivity contribution in [3.8, 4) is 0 Å². The van der Waals surface area contributed by atoms with E-state index in [9.17, 15) is 9.18 Å². The normalized spacial score (nSPS) is 16.7. The van der Waals surface area contributed by atoms with E-state index < -0.39 is 0 Å². The van der Waals surface area contributed by atoms with Crippen LogP contribution < -0.4 is 10.2 Å². The zero-order valence-electron chi connectivity index (χ0n) is 11.5. The number of nitrogens with zero attached hydrogens (tertiary/aromatic N) is 1. The minimum absolute atomic E-state index is 0.0372. The zero-order chi connectivity index (χ0) is 13.8. The van der Waals surface area contributed by atoms with Gasteiger partial charge < -0.3 is 10.2 Å². The van der Waals surface area contributed by atoms with Gasteiger partial charge in [-0.25, -0.2) is 4.39 Å². The first-order chi connectivity index (χ1) is 9.06. The van der Waals surface area contributed by atoms with E-state index in [4.69, 9.17) is 0 Å². The van der Waals surface area contributed by atoms with E-state index >= 15 is 0 Å². The molecule has 19 heavy (non-hydrogen) atoms. The Morgan fingerprint density at radius 2 is 1.84 bits per heavy atom. The van der Waals surface area contributed by atoms with Crippen molar-refractivity contribution in [1.29, 1.82) is 0 Å². The first kappa shape index (κ1) is 13.8. The van der Waals surface area contributed by atoms with Crippen molar-refractivity contribution in [2.45, 2.75) is 32.7 Å². The summed E-state index contributed by atoms with van der Waals surface area (Å²) in [6.07, 6.45) is 1.88. The smallest absolute Gasteiger partial charge is 0.222 e. The average molecular weight is 264 g/mol. The fourth-order valence-corrected chi connectivity index (χ4v) is 2.30. The maximum atomic E-state index is 12.9. The Morgan fingerprint density at radius 1 is 1.26 bits per heavy atom. The van der Waals surface area contributed by atoms with Gasteiger partial charge in [0, 0.05) is 30.7 Å². The summed E-state index contributed by atoms with van der Waals surface area (Å²) in [6, 6.07) is 6.86. The zero-order valence-corrected chi connectivity index (χ0v) is 11.5. The fraction of sp³-hybridized carbons (Fsp3) is 0.533. The van der Waals surface area contributed by atoms with E-state index in [1.165, 1.54) is 12.1 Å². The van der Waals surface area contributed by atoms with Gasteiger partial charge in [0.2, 0.25) is 5.91 Å². The maximum Gasteiger partial charge on any atom is 0.222 e. The second-order valence-electron chi connectivity index (χ2n) is 5.40. The third-order valence-corrected chi connectivity index (χ3v) is 3.56. The molecule has 1 aromatic rings. The molecule has 2 rings (SSSR count). The van der Waals surface area contributed by atoms with Crippen LogP contribution in [0.1, 0.15) is 26.7 Å². The lowest BCUT2D eigenvalue weighted by molar-refractivity contribution is -0.124. The van der Waals surface area contributed by atoms with Crippen molar-refractivity contribution >= 4 is 11.6 Å². The first-order valence-corrected chi connectivity index (χ1v) is 6.87. The molecule has 0 atom stereocenters. The summed E-state index contributed by atoms with van der Waals surface area (Å²) < 4.78 is 12.9. The highest BCUT2D eigenvalue weighted by atomic mass is 19.1. The van der Waals surface area contributed by atoms with Gasteiger partial charge >= 0.3 is 0 Å². The number of halogens is 1. The van der Waals surface area contributed by atoms with Gasteiger partial charge in [-0.2, -0.15) is 0 Å². The van der Waals surface area contributed by atoms with Crippen LogP contribution in [0.5, 0.6) is 0 Å². The monoisotopic (exact) mass is 264 g/mol. The van der Waals surface area contributed by atoms with Gasteiger partial charge in [-0.3, -0.25) is 4.79 Å². The number of rotatable bonds is 3. The quantitative estimate of drug-likeness (QED) is 0.910. The molecule has 0 spiro atoms. The third-order valence-electron chi connectivity index (χ3n) is 3.56. The summed E-state index contributed by atoms with van der Waals surface area (Å²) in [5.74, 6) is -0.0433. The summed E-state index contributed by atoms with van der Waals surface area (Å²) in [4.78, 5) is 13.9. The van der Waals surface area contributed by atoms with Gasteiger partial charge in [-0.15, -0.1) is 0 Å². The summed E-state index contributed by atoms with van der Waals surface area (Å²) in [6.45, 7) is 5.61. The second-order valence-corrected chi connectivity index (χ2v) is 5.40. The van der Waals surface area contributed by atoms with Gasteiger partial charge in [-0.05, 0) is 37.1 Å². The van der Waals surface area contributed by atoms with Crippen LogP contribution in [0, 0.1) is 11.7 Å². The number of benzene rings is 1. The van der Waals surface area contributed by atoms with Crippen LogP contribution in [0.3, 0.4) is 0 Å². The molecule has 4 heteroatoms. The van der Waals surface area contributed by atoms with E-state index in [2.05, 4.69) is 10.2 Å². The molecule has 1 N–H and O–H groups in total. The van der Waals surface area contributed by atoms with Crippen LogP contribution in [0.25, 0.3) is 0 Å². The highest BCUT2D eigenvalue weighted by molar-refractivity contribution is 5.78. The minimum atomic E-state index is -0.206. The van der Waals surface area contributed by atoms with Crippen molar-refractivity contribution in [1.82, 2.24) is 5.32 Å². The Morgan fingerprint density at radius 3 is 2.37 bits per heavy atom. The van der Waals surface area contributed by atoms with Gasteiger partial charge in [0.05, 0.1) is 0 Å². The molecular formula is C15H21FN2O. The van der Waals surface area contributed by atoms with Crippen LogP contribution in [0.2, 0.25) is 0 Å². The Kier molecular flexibility index (Phi) is 4.40. The summed E-state index contributed by atoms with van der Waals surface area (Å²) >= 11 is 0. The molecule has 104 valence electrons. The molecule has 1 aliphatic rings. The lowest BCUT2D eigenvalue weighted by Gasteiger charge is -2.34. The Bertz CT molecular complexity index is 422. The third kappa shape index (κ3) is 3.69. The number of carbonyl (C=O) groups excluding carboxylic acids is 1. The van der Waals surface area contributed by atoms with Crippen molar-refractivity contribution in [3.05, 3.63) is 30.1 Å². The second kappa shape index (κ2) is 6.04. The molecule has 1 aromatic carbocycles. The molecule has 1 amide bonds. The van der Waals surface area contributed by atoms with Gasteiger partial charge in [0.1, 0.15) is 5.82 Å². The highest BCUT2D eigenvalue weighted by Gasteiger charge is 2.21. The number of piperidine rings is 1. The molecule has 0 aromatic heterocycles. The number of carbonyl (C=O) groups is 1. The maximum absolute atomic E-state index is 12.9. The van der Waals surface area contributed by atoms with Crippen LogP contribution in [0.4, 0.5) is 10.1 Å². The molecule has 0 radical (unpaired) electrons. The van der Waals surface area contributed by atoms with Crippen LogP contribution in [-0.2, 0) is 4.79 Å². The molecule has 0 saturated carbocycles. The Hall–Kier alpha value is -1.58. The molecule has 0 unspecified atom stereocenters. The Labute approximate surface area is 113 Å². The van der Waals surface area contributed by atoms with Crippen LogP contribution in [-0.4, -0.2) is 25.0 Å². The molecule has 1 heterocycles. The van der Waals surface area contributed by atoms with Crippen molar-refractivity contribution in [2.24, 2.45) is 5.92 Å². The number of hydrogen-bond acceptors (Lipinski definition) is 2. The molecule has 1 saturated heterocycles. The fourth-order valence-electron chi connectivity index (χ4n) is 2.30.